The van der Waals surface area contributed by atoms with Crippen LogP contribution in [0.3, 0.4) is 0 Å². The highest BCUT2D eigenvalue weighted by molar-refractivity contribution is 7.92. The normalized spacial score (nSPS) is 12.8. The van der Waals surface area contributed by atoms with Gasteiger partial charge in [-0.2, -0.15) is 13.2 Å². The second-order valence-corrected chi connectivity index (χ2v) is 11.1. The number of benzene rings is 2. The van der Waals surface area contributed by atoms with Gasteiger partial charge in [0.25, 0.3) is 0 Å². The minimum Gasteiger partial charge on any atom is -0.354 e. The lowest BCUT2D eigenvalue weighted by Crippen LogP contribution is -2.51. The van der Waals surface area contributed by atoms with Gasteiger partial charge in [0.1, 0.15) is 12.6 Å². The minimum atomic E-state index is -4.69. The van der Waals surface area contributed by atoms with Crippen LogP contribution in [0.25, 0.3) is 0 Å². The number of nitrogens with one attached hydrogen (secondary N) is 1. The van der Waals surface area contributed by atoms with Gasteiger partial charge in [0.2, 0.25) is 21.8 Å². The number of hydrogen-bond acceptors (Lipinski definition) is 4. The van der Waals surface area contributed by atoms with E-state index in [1.54, 1.807) is 12.1 Å². The van der Waals surface area contributed by atoms with Gasteiger partial charge in [0, 0.05) is 13.1 Å². The topological polar surface area (TPSA) is 86.8 Å². The van der Waals surface area contributed by atoms with E-state index in [4.69, 9.17) is 0 Å². The van der Waals surface area contributed by atoms with Crippen LogP contribution in [0, 0.1) is 12.8 Å². The Morgan fingerprint density at radius 1 is 1.03 bits per heavy atom. The summed E-state index contributed by atoms with van der Waals surface area (Å²) < 4.78 is 65.4. The monoisotopic (exact) mass is 527 g/mol. The van der Waals surface area contributed by atoms with Crippen molar-refractivity contribution in [1.29, 1.82) is 0 Å². The molecule has 0 aliphatic rings. The maximum atomic E-state index is 13.4. The molecule has 0 aliphatic carbocycles. The van der Waals surface area contributed by atoms with E-state index in [2.05, 4.69) is 5.32 Å². The Labute approximate surface area is 210 Å². The summed E-state index contributed by atoms with van der Waals surface area (Å²) in [5, 5.41) is 2.76. The lowest BCUT2D eigenvalue weighted by atomic mass is 10.1. The summed E-state index contributed by atoms with van der Waals surface area (Å²) in [6.45, 7) is 6.85. The molecule has 1 N–H and O–H groups in total. The van der Waals surface area contributed by atoms with Crippen molar-refractivity contribution in [2.75, 3.05) is 23.7 Å². The van der Waals surface area contributed by atoms with Crippen LogP contribution in [0.15, 0.2) is 48.5 Å². The van der Waals surface area contributed by atoms with E-state index in [0.717, 1.165) is 29.5 Å². The number of sulfonamides is 1. The molecule has 0 fully saturated rings. The zero-order valence-corrected chi connectivity index (χ0v) is 21.8. The van der Waals surface area contributed by atoms with Crippen LogP contribution in [0.5, 0.6) is 0 Å². The fourth-order valence-electron chi connectivity index (χ4n) is 3.49. The molecule has 2 rings (SSSR count). The van der Waals surface area contributed by atoms with Gasteiger partial charge < -0.3 is 10.2 Å². The molecular formula is C25H32F3N3O4S. The lowest BCUT2D eigenvalue weighted by Gasteiger charge is -2.31. The maximum Gasteiger partial charge on any atom is 0.416 e. The summed E-state index contributed by atoms with van der Waals surface area (Å²) in [6, 6.07) is 10.1. The van der Waals surface area contributed by atoms with Gasteiger partial charge in [-0.3, -0.25) is 13.9 Å². The number of carbonyl (C=O) groups excluding carboxylic acids is 2. The molecule has 2 amide bonds. The van der Waals surface area contributed by atoms with Crippen LogP contribution in [0.2, 0.25) is 0 Å². The van der Waals surface area contributed by atoms with Crippen LogP contribution in [-0.4, -0.2) is 50.5 Å². The first-order chi connectivity index (χ1) is 16.6. The van der Waals surface area contributed by atoms with Crippen LogP contribution >= 0.6 is 0 Å². The minimum absolute atomic E-state index is 0.0109. The first-order valence-electron chi connectivity index (χ1n) is 11.4. The van der Waals surface area contributed by atoms with Gasteiger partial charge in [-0.25, -0.2) is 8.42 Å². The van der Waals surface area contributed by atoms with Crippen LogP contribution < -0.4 is 9.62 Å². The molecule has 0 aromatic heterocycles. The van der Waals surface area contributed by atoms with E-state index in [0.29, 0.717) is 16.9 Å². The molecule has 7 nitrogen and oxygen atoms in total. The Balaban J connectivity index is 2.42. The lowest BCUT2D eigenvalue weighted by molar-refractivity contribution is -0.139. The molecule has 0 saturated carbocycles. The Morgan fingerprint density at radius 3 is 2.22 bits per heavy atom. The Hall–Kier alpha value is -3.08. The molecule has 2 aromatic carbocycles. The van der Waals surface area contributed by atoms with Gasteiger partial charge in [0.15, 0.2) is 0 Å². The average Bonchev–Trinajstić information content (AvgIpc) is 2.77. The van der Waals surface area contributed by atoms with Crippen LogP contribution in [0.4, 0.5) is 18.9 Å². The quantitative estimate of drug-likeness (QED) is 0.507. The summed E-state index contributed by atoms with van der Waals surface area (Å²) in [5.41, 5.74) is 0.308. The molecule has 36 heavy (non-hydrogen) atoms. The molecule has 198 valence electrons. The predicted molar refractivity (Wildman–Crippen MR) is 133 cm³/mol. The van der Waals surface area contributed by atoms with Crippen molar-refractivity contribution in [3.63, 3.8) is 0 Å². The summed E-state index contributed by atoms with van der Waals surface area (Å²) in [7, 11) is -4.14. The maximum absolute atomic E-state index is 13.4. The summed E-state index contributed by atoms with van der Waals surface area (Å²) >= 11 is 0. The van der Waals surface area contributed by atoms with Gasteiger partial charge >= 0.3 is 6.18 Å². The van der Waals surface area contributed by atoms with Crippen molar-refractivity contribution in [3.05, 3.63) is 65.2 Å². The zero-order valence-electron chi connectivity index (χ0n) is 21.0. The smallest absolute Gasteiger partial charge is 0.354 e. The number of aryl methyl sites for hydroxylation is 1. The Bertz CT molecular complexity index is 1180. The van der Waals surface area contributed by atoms with Crippen LogP contribution in [-0.2, 0) is 32.3 Å². The molecule has 0 aliphatic heterocycles. The molecule has 1 atom stereocenters. The highest BCUT2D eigenvalue weighted by atomic mass is 32.2. The molecule has 0 spiro atoms. The van der Waals surface area contributed by atoms with E-state index >= 15 is 0 Å². The van der Waals surface area contributed by atoms with Gasteiger partial charge in [0.05, 0.1) is 17.5 Å². The number of nitrogens with zero attached hydrogens (tertiary/aromatic N) is 2. The fourth-order valence-corrected chi connectivity index (χ4v) is 4.33. The number of hydrogen-bond donors (Lipinski definition) is 1. The third-order valence-electron chi connectivity index (χ3n) is 5.43. The molecule has 11 heteroatoms. The molecule has 0 radical (unpaired) electrons. The number of rotatable bonds is 10. The molecular weight excluding hydrogens is 495 g/mol. The molecule has 0 bridgehead atoms. The molecule has 0 heterocycles. The van der Waals surface area contributed by atoms with Crippen molar-refractivity contribution >= 4 is 27.5 Å². The summed E-state index contributed by atoms with van der Waals surface area (Å²) in [6.07, 6.45) is -3.88. The summed E-state index contributed by atoms with van der Waals surface area (Å²) in [5.74, 6) is -0.982. The summed E-state index contributed by atoms with van der Waals surface area (Å²) in [4.78, 5) is 27.5. The van der Waals surface area contributed by atoms with Crippen molar-refractivity contribution in [2.45, 2.75) is 46.5 Å². The number of anilines is 1. The number of amides is 2. The SMILES string of the molecule is Cc1cccc(CN(C(=O)CN(c2cccc(C(F)(F)F)c2)S(C)(=O)=O)C(C)C(=O)NCC(C)C)c1. The third kappa shape index (κ3) is 8.25. The molecule has 1 unspecified atom stereocenters. The highest BCUT2D eigenvalue weighted by Gasteiger charge is 2.33. The second-order valence-electron chi connectivity index (χ2n) is 9.14. The average molecular weight is 528 g/mol. The van der Waals surface area contributed by atoms with E-state index in [1.807, 2.05) is 32.9 Å². The zero-order chi connectivity index (χ0) is 27.3. The van der Waals surface area contributed by atoms with Crippen molar-refractivity contribution in [3.8, 4) is 0 Å². The van der Waals surface area contributed by atoms with Gasteiger partial charge in [-0.15, -0.1) is 0 Å². The standard InChI is InChI=1S/C25H32F3N3O4S/c1-17(2)14-29-24(33)19(4)30(15-20-9-6-8-18(3)12-20)23(32)16-31(36(5,34)35)22-11-7-10-21(13-22)25(26,27)28/h6-13,17,19H,14-16H2,1-5H3,(H,29,33). The van der Waals surface area contributed by atoms with E-state index < -0.39 is 46.2 Å². The van der Waals surface area contributed by atoms with Crippen molar-refractivity contribution in [1.82, 2.24) is 10.2 Å². The molecule has 2 aromatic rings. The van der Waals surface area contributed by atoms with Gasteiger partial charge in [-0.05, 0) is 43.5 Å². The number of alkyl halides is 3. The highest BCUT2D eigenvalue weighted by Crippen LogP contribution is 2.32. The molecule has 0 saturated heterocycles. The van der Waals surface area contributed by atoms with Gasteiger partial charge in [-0.1, -0.05) is 49.7 Å². The van der Waals surface area contributed by atoms with Crippen molar-refractivity contribution in [2.24, 2.45) is 5.92 Å². The van der Waals surface area contributed by atoms with Crippen LogP contribution in [0.1, 0.15) is 37.5 Å². The Kier molecular flexibility index (Phi) is 9.53. The van der Waals surface area contributed by atoms with Crippen molar-refractivity contribution < 1.29 is 31.2 Å². The first-order valence-corrected chi connectivity index (χ1v) is 13.2. The third-order valence-corrected chi connectivity index (χ3v) is 6.57. The second kappa shape index (κ2) is 11.8. The Morgan fingerprint density at radius 2 is 1.67 bits per heavy atom. The largest absolute Gasteiger partial charge is 0.416 e. The number of carbonyl (C=O) groups is 2. The number of halogens is 3. The van der Waals surface area contributed by atoms with E-state index in [-0.39, 0.29) is 18.2 Å². The predicted octanol–water partition coefficient (Wildman–Crippen LogP) is 3.97. The van der Waals surface area contributed by atoms with E-state index in [9.17, 15) is 31.2 Å². The fraction of sp³-hybridized carbons (Fsp3) is 0.440. The first kappa shape index (κ1) is 29.2. The van der Waals surface area contributed by atoms with E-state index in [1.165, 1.54) is 17.9 Å².